The Morgan fingerprint density at radius 2 is 2.04 bits per heavy atom. The molecule has 0 bridgehead atoms. The molecule has 3 heterocycles. The van der Waals surface area contributed by atoms with Crippen molar-refractivity contribution in [3.8, 4) is 22.3 Å². The Balaban J connectivity index is 1.87. The Bertz CT molecular complexity index is 1020. The highest BCUT2D eigenvalue weighted by Gasteiger charge is 2.12. The number of nitrogens with zero attached hydrogens (tertiary/aromatic N) is 1. The summed E-state index contributed by atoms with van der Waals surface area (Å²) in [7, 11) is 0. The van der Waals surface area contributed by atoms with Gasteiger partial charge in [-0.3, -0.25) is 4.79 Å². The van der Waals surface area contributed by atoms with Crippen LogP contribution in [0.1, 0.15) is 6.92 Å². The number of amides is 1. The number of benzene rings is 1. The number of aromatic amines is 1. The molecule has 0 aliphatic carbocycles. The smallest absolute Gasteiger partial charge is 0.221 e. The maximum atomic E-state index is 11.4. The van der Waals surface area contributed by atoms with E-state index in [4.69, 9.17) is 4.42 Å². The third kappa shape index (κ3) is 2.46. The van der Waals surface area contributed by atoms with E-state index in [0.717, 1.165) is 39.0 Å². The van der Waals surface area contributed by atoms with Gasteiger partial charge in [0.1, 0.15) is 5.65 Å². The minimum absolute atomic E-state index is 0.0998. The molecule has 0 saturated heterocycles. The van der Waals surface area contributed by atoms with Crippen molar-refractivity contribution in [1.29, 1.82) is 0 Å². The highest BCUT2D eigenvalue weighted by atomic mass is 16.3. The topological polar surface area (TPSA) is 70.9 Å². The number of H-pyrrole nitrogens is 1. The van der Waals surface area contributed by atoms with E-state index in [1.807, 2.05) is 36.5 Å². The number of para-hydroxylation sites is 1. The van der Waals surface area contributed by atoms with Crippen molar-refractivity contribution >= 4 is 22.6 Å². The van der Waals surface area contributed by atoms with Crippen LogP contribution in [-0.2, 0) is 4.79 Å². The summed E-state index contributed by atoms with van der Waals surface area (Å²) in [6, 6.07) is 11.7. The number of rotatable bonds is 3. The third-order valence-electron chi connectivity index (χ3n) is 3.91. The molecule has 2 N–H and O–H groups in total. The van der Waals surface area contributed by atoms with Crippen LogP contribution in [0.4, 0.5) is 5.69 Å². The SMILES string of the molecule is CC(=O)Nc1ccccc1-c1cnc2[nH]cc(-c3ccoc3)c2c1. The fraction of sp³-hybridized carbons (Fsp3) is 0.0526. The Kier molecular flexibility index (Phi) is 3.39. The zero-order valence-electron chi connectivity index (χ0n) is 13.0. The lowest BCUT2D eigenvalue weighted by molar-refractivity contribution is -0.114. The molecule has 4 aromatic rings. The van der Waals surface area contributed by atoms with Gasteiger partial charge in [0.05, 0.1) is 12.5 Å². The van der Waals surface area contributed by atoms with Crippen molar-refractivity contribution in [2.45, 2.75) is 6.92 Å². The minimum atomic E-state index is -0.0998. The summed E-state index contributed by atoms with van der Waals surface area (Å²) in [5, 5.41) is 3.87. The fourth-order valence-electron chi connectivity index (χ4n) is 2.84. The summed E-state index contributed by atoms with van der Waals surface area (Å²) in [5.41, 5.74) is 5.48. The summed E-state index contributed by atoms with van der Waals surface area (Å²) in [5.74, 6) is -0.0998. The molecule has 5 nitrogen and oxygen atoms in total. The van der Waals surface area contributed by atoms with E-state index >= 15 is 0 Å². The van der Waals surface area contributed by atoms with Gasteiger partial charge in [-0.1, -0.05) is 18.2 Å². The highest BCUT2D eigenvalue weighted by Crippen LogP contribution is 2.33. The second-order valence-electron chi connectivity index (χ2n) is 5.56. The summed E-state index contributed by atoms with van der Waals surface area (Å²) < 4.78 is 5.18. The molecule has 3 aromatic heterocycles. The summed E-state index contributed by atoms with van der Waals surface area (Å²) in [6.45, 7) is 1.50. The number of carbonyl (C=O) groups excluding carboxylic acids is 1. The van der Waals surface area contributed by atoms with E-state index in [1.165, 1.54) is 6.92 Å². The van der Waals surface area contributed by atoms with Crippen LogP contribution in [0.25, 0.3) is 33.3 Å². The zero-order valence-corrected chi connectivity index (χ0v) is 13.0. The summed E-state index contributed by atoms with van der Waals surface area (Å²) in [6.07, 6.45) is 7.09. The number of anilines is 1. The number of carbonyl (C=O) groups is 1. The highest BCUT2D eigenvalue weighted by molar-refractivity contribution is 5.98. The second kappa shape index (κ2) is 5.70. The van der Waals surface area contributed by atoms with Crippen LogP contribution in [-0.4, -0.2) is 15.9 Å². The zero-order chi connectivity index (χ0) is 16.5. The first-order valence-corrected chi connectivity index (χ1v) is 7.59. The minimum Gasteiger partial charge on any atom is -0.472 e. The van der Waals surface area contributed by atoms with E-state index in [0.29, 0.717) is 0 Å². The molecule has 0 aliphatic heterocycles. The molecule has 1 amide bonds. The fourth-order valence-corrected chi connectivity index (χ4v) is 2.84. The standard InChI is InChI=1S/C19H15N3O2/c1-12(23)22-18-5-3-2-4-15(18)14-8-16-17(13-6-7-24-11-13)10-21-19(16)20-9-14/h2-11H,1H3,(H,20,21)(H,22,23). The van der Waals surface area contributed by atoms with Crippen LogP contribution >= 0.6 is 0 Å². The van der Waals surface area contributed by atoms with E-state index in [-0.39, 0.29) is 5.91 Å². The molecule has 0 fully saturated rings. The van der Waals surface area contributed by atoms with Gasteiger partial charge in [-0.05, 0) is 18.2 Å². The van der Waals surface area contributed by atoms with Gasteiger partial charge in [-0.2, -0.15) is 0 Å². The van der Waals surface area contributed by atoms with Crippen LogP contribution in [0, 0.1) is 0 Å². The molecule has 5 heteroatoms. The van der Waals surface area contributed by atoms with Crippen molar-refractivity contribution in [2.24, 2.45) is 0 Å². The monoisotopic (exact) mass is 317 g/mol. The van der Waals surface area contributed by atoms with E-state index < -0.39 is 0 Å². The van der Waals surface area contributed by atoms with E-state index in [1.54, 1.807) is 18.7 Å². The van der Waals surface area contributed by atoms with Crippen LogP contribution < -0.4 is 5.32 Å². The summed E-state index contributed by atoms with van der Waals surface area (Å²) in [4.78, 5) is 19.1. The van der Waals surface area contributed by atoms with Crippen molar-refractivity contribution in [3.05, 3.63) is 61.3 Å². The van der Waals surface area contributed by atoms with Gasteiger partial charge < -0.3 is 14.7 Å². The molecule has 0 aliphatic rings. The van der Waals surface area contributed by atoms with Gasteiger partial charge >= 0.3 is 0 Å². The number of aromatic nitrogens is 2. The number of hydrogen-bond donors (Lipinski definition) is 2. The van der Waals surface area contributed by atoms with Crippen LogP contribution in [0.15, 0.2) is 65.7 Å². The lowest BCUT2D eigenvalue weighted by Gasteiger charge is -2.10. The quantitative estimate of drug-likeness (QED) is 0.586. The molecule has 0 atom stereocenters. The summed E-state index contributed by atoms with van der Waals surface area (Å²) >= 11 is 0. The van der Waals surface area contributed by atoms with Gasteiger partial charge in [-0.25, -0.2) is 4.98 Å². The number of nitrogens with one attached hydrogen (secondary N) is 2. The molecule has 1 aromatic carbocycles. The van der Waals surface area contributed by atoms with Crippen molar-refractivity contribution < 1.29 is 9.21 Å². The molecular formula is C19H15N3O2. The lowest BCUT2D eigenvalue weighted by atomic mass is 10.0. The largest absolute Gasteiger partial charge is 0.472 e. The average molecular weight is 317 g/mol. The first-order valence-electron chi connectivity index (χ1n) is 7.59. The number of pyridine rings is 1. The Hall–Kier alpha value is -3.34. The number of hydrogen-bond acceptors (Lipinski definition) is 3. The predicted octanol–water partition coefficient (Wildman–Crippen LogP) is 4.45. The molecule has 0 radical (unpaired) electrons. The van der Waals surface area contributed by atoms with Crippen LogP contribution in [0.5, 0.6) is 0 Å². The maximum Gasteiger partial charge on any atom is 0.221 e. The van der Waals surface area contributed by atoms with E-state index in [2.05, 4.69) is 21.4 Å². The van der Waals surface area contributed by atoms with Gasteiger partial charge in [0, 0.05) is 52.6 Å². The molecule has 0 spiro atoms. The van der Waals surface area contributed by atoms with Gasteiger partial charge in [0.15, 0.2) is 0 Å². The van der Waals surface area contributed by atoms with Crippen molar-refractivity contribution in [3.63, 3.8) is 0 Å². The molecule has 4 rings (SSSR count). The first kappa shape index (κ1) is 14.3. The van der Waals surface area contributed by atoms with Crippen LogP contribution in [0.3, 0.4) is 0 Å². The van der Waals surface area contributed by atoms with E-state index in [9.17, 15) is 4.79 Å². The Morgan fingerprint density at radius 1 is 1.17 bits per heavy atom. The Labute approximate surface area is 138 Å². The number of fused-ring (bicyclic) bond motifs is 1. The molecule has 118 valence electrons. The maximum absolute atomic E-state index is 11.4. The molecule has 0 unspecified atom stereocenters. The molecular weight excluding hydrogens is 302 g/mol. The predicted molar refractivity (Wildman–Crippen MR) is 93.5 cm³/mol. The van der Waals surface area contributed by atoms with Crippen molar-refractivity contribution in [1.82, 2.24) is 9.97 Å². The molecule has 0 saturated carbocycles. The average Bonchev–Trinajstić information content (AvgIpc) is 3.23. The van der Waals surface area contributed by atoms with Crippen LogP contribution in [0.2, 0.25) is 0 Å². The second-order valence-corrected chi connectivity index (χ2v) is 5.56. The number of furan rings is 1. The van der Waals surface area contributed by atoms with Gasteiger partial charge in [0.25, 0.3) is 0 Å². The lowest BCUT2D eigenvalue weighted by Crippen LogP contribution is -2.06. The normalized spacial score (nSPS) is 10.9. The first-order chi connectivity index (χ1) is 11.7. The van der Waals surface area contributed by atoms with Gasteiger partial charge in [0.2, 0.25) is 5.91 Å². The third-order valence-corrected chi connectivity index (χ3v) is 3.91. The molecule has 24 heavy (non-hydrogen) atoms. The van der Waals surface area contributed by atoms with Gasteiger partial charge in [-0.15, -0.1) is 0 Å². The van der Waals surface area contributed by atoms with Crippen molar-refractivity contribution in [2.75, 3.05) is 5.32 Å². The Morgan fingerprint density at radius 3 is 2.83 bits per heavy atom.